The van der Waals surface area contributed by atoms with Crippen LogP contribution >= 0.6 is 0 Å². The zero-order valence-corrected chi connectivity index (χ0v) is 15.3. The first-order valence-corrected chi connectivity index (χ1v) is 8.58. The average molecular weight is 373 g/mol. The molecule has 3 rings (SSSR count). The third-order valence-electron chi connectivity index (χ3n) is 3.83. The molecule has 0 aliphatic heterocycles. The van der Waals surface area contributed by atoms with Crippen molar-refractivity contribution in [3.05, 3.63) is 90.3 Å². The van der Waals surface area contributed by atoms with Crippen LogP contribution in [-0.2, 0) is 4.79 Å². The molecule has 0 aliphatic rings. The molecule has 0 spiro atoms. The summed E-state index contributed by atoms with van der Waals surface area (Å²) in [6, 6.07) is 17.7. The lowest BCUT2D eigenvalue weighted by Crippen LogP contribution is -2.13. The van der Waals surface area contributed by atoms with Crippen molar-refractivity contribution >= 4 is 29.3 Å². The molecule has 0 unspecified atom stereocenters. The SMILES string of the molecule is COc1cccc(/C=C/C(=O)Nc2cccc(NC(=O)c3cccnc3)c2)c1. The summed E-state index contributed by atoms with van der Waals surface area (Å²) < 4.78 is 5.16. The Morgan fingerprint density at radius 1 is 0.964 bits per heavy atom. The summed E-state index contributed by atoms with van der Waals surface area (Å²) in [6.07, 6.45) is 6.23. The van der Waals surface area contributed by atoms with Gasteiger partial charge < -0.3 is 15.4 Å². The molecule has 1 heterocycles. The molecule has 0 aliphatic carbocycles. The van der Waals surface area contributed by atoms with E-state index < -0.39 is 0 Å². The van der Waals surface area contributed by atoms with Gasteiger partial charge in [0, 0.05) is 29.8 Å². The first kappa shape index (κ1) is 18.8. The first-order valence-electron chi connectivity index (χ1n) is 8.58. The molecule has 140 valence electrons. The van der Waals surface area contributed by atoms with Crippen molar-refractivity contribution in [1.82, 2.24) is 4.98 Å². The number of carbonyl (C=O) groups is 2. The van der Waals surface area contributed by atoms with Gasteiger partial charge in [0.1, 0.15) is 5.75 Å². The van der Waals surface area contributed by atoms with E-state index in [4.69, 9.17) is 4.74 Å². The fourth-order valence-electron chi connectivity index (χ4n) is 2.48. The van der Waals surface area contributed by atoms with Crippen LogP contribution in [0.2, 0.25) is 0 Å². The lowest BCUT2D eigenvalue weighted by atomic mass is 10.2. The summed E-state index contributed by atoms with van der Waals surface area (Å²) in [5, 5.41) is 5.55. The van der Waals surface area contributed by atoms with Gasteiger partial charge in [-0.1, -0.05) is 18.2 Å². The molecular weight excluding hydrogens is 354 g/mol. The predicted octanol–water partition coefficient (Wildman–Crippen LogP) is 3.99. The molecule has 2 amide bonds. The topological polar surface area (TPSA) is 80.3 Å². The van der Waals surface area contributed by atoms with E-state index in [-0.39, 0.29) is 11.8 Å². The second kappa shape index (κ2) is 9.14. The number of anilines is 2. The number of nitrogens with one attached hydrogen (secondary N) is 2. The number of nitrogens with zero attached hydrogens (tertiary/aromatic N) is 1. The fraction of sp³-hybridized carbons (Fsp3) is 0.0455. The normalized spacial score (nSPS) is 10.5. The summed E-state index contributed by atoms with van der Waals surface area (Å²) >= 11 is 0. The maximum atomic E-state index is 12.2. The van der Waals surface area contributed by atoms with Crippen LogP contribution in [0.4, 0.5) is 11.4 Å². The second-order valence-corrected chi connectivity index (χ2v) is 5.88. The molecule has 0 radical (unpaired) electrons. The minimum absolute atomic E-state index is 0.269. The minimum Gasteiger partial charge on any atom is -0.497 e. The molecule has 3 aromatic rings. The van der Waals surface area contributed by atoms with Crippen molar-refractivity contribution < 1.29 is 14.3 Å². The average Bonchev–Trinajstić information content (AvgIpc) is 2.73. The number of benzene rings is 2. The number of aromatic nitrogens is 1. The number of ether oxygens (including phenoxy) is 1. The Morgan fingerprint density at radius 2 is 1.75 bits per heavy atom. The Balaban J connectivity index is 1.63. The van der Waals surface area contributed by atoms with E-state index in [1.807, 2.05) is 24.3 Å². The highest BCUT2D eigenvalue weighted by molar-refractivity contribution is 6.05. The number of methoxy groups -OCH3 is 1. The second-order valence-electron chi connectivity index (χ2n) is 5.88. The molecule has 0 atom stereocenters. The molecule has 0 saturated heterocycles. The van der Waals surface area contributed by atoms with E-state index >= 15 is 0 Å². The van der Waals surface area contributed by atoms with Gasteiger partial charge >= 0.3 is 0 Å². The van der Waals surface area contributed by atoms with Gasteiger partial charge in [-0.2, -0.15) is 0 Å². The van der Waals surface area contributed by atoms with Crippen molar-refractivity contribution in [2.45, 2.75) is 0 Å². The molecule has 0 saturated carbocycles. The van der Waals surface area contributed by atoms with Crippen LogP contribution in [0, 0.1) is 0 Å². The summed E-state index contributed by atoms with van der Waals surface area (Å²) in [4.78, 5) is 28.3. The van der Waals surface area contributed by atoms with Crippen molar-refractivity contribution in [3.8, 4) is 5.75 Å². The molecule has 2 aromatic carbocycles. The van der Waals surface area contributed by atoms with Crippen LogP contribution < -0.4 is 15.4 Å². The molecule has 6 nitrogen and oxygen atoms in total. The molecule has 1 aromatic heterocycles. The minimum atomic E-state index is -0.279. The van der Waals surface area contributed by atoms with Crippen molar-refractivity contribution in [3.63, 3.8) is 0 Å². The van der Waals surface area contributed by atoms with E-state index in [0.29, 0.717) is 16.9 Å². The Bertz CT molecular complexity index is 1000. The standard InChI is InChI=1S/C22H19N3O3/c1-28-20-9-2-5-16(13-20)10-11-21(26)24-18-7-3-8-19(14-18)25-22(27)17-6-4-12-23-15-17/h2-15H,1H3,(H,24,26)(H,25,27)/b11-10+. The highest BCUT2D eigenvalue weighted by Crippen LogP contribution is 2.17. The number of hydrogen-bond acceptors (Lipinski definition) is 4. The smallest absolute Gasteiger partial charge is 0.257 e. The summed E-state index contributed by atoms with van der Waals surface area (Å²) in [5.41, 5.74) is 2.46. The van der Waals surface area contributed by atoms with Crippen LogP contribution in [0.15, 0.2) is 79.1 Å². The lowest BCUT2D eigenvalue weighted by molar-refractivity contribution is -0.111. The van der Waals surface area contributed by atoms with Crippen LogP contribution in [0.1, 0.15) is 15.9 Å². The largest absolute Gasteiger partial charge is 0.497 e. The molecule has 28 heavy (non-hydrogen) atoms. The van der Waals surface area contributed by atoms with Crippen LogP contribution in [0.3, 0.4) is 0 Å². The van der Waals surface area contributed by atoms with E-state index in [2.05, 4.69) is 15.6 Å². The number of amides is 2. The zero-order valence-electron chi connectivity index (χ0n) is 15.3. The molecule has 2 N–H and O–H groups in total. The van der Waals surface area contributed by atoms with Gasteiger partial charge in [-0.25, -0.2) is 0 Å². The maximum Gasteiger partial charge on any atom is 0.257 e. The number of hydrogen-bond donors (Lipinski definition) is 2. The van der Waals surface area contributed by atoms with Gasteiger partial charge in [0.25, 0.3) is 5.91 Å². The molecule has 0 bridgehead atoms. The molecule has 6 heteroatoms. The summed E-state index contributed by atoms with van der Waals surface area (Å²) in [6.45, 7) is 0. The monoisotopic (exact) mass is 373 g/mol. The Kier molecular flexibility index (Phi) is 6.15. The van der Waals surface area contributed by atoms with Gasteiger partial charge in [0.05, 0.1) is 12.7 Å². The van der Waals surface area contributed by atoms with E-state index in [0.717, 1.165) is 11.3 Å². The quantitative estimate of drug-likeness (QED) is 0.640. The van der Waals surface area contributed by atoms with E-state index in [1.54, 1.807) is 55.8 Å². The van der Waals surface area contributed by atoms with Crippen LogP contribution in [0.25, 0.3) is 6.08 Å². The number of carbonyl (C=O) groups excluding carboxylic acids is 2. The van der Waals surface area contributed by atoms with Gasteiger partial charge in [0.15, 0.2) is 0 Å². The number of pyridine rings is 1. The molecule has 0 fully saturated rings. The van der Waals surface area contributed by atoms with Gasteiger partial charge in [-0.3, -0.25) is 14.6 Å². The Labute approximate surface area is 162 Å². The lowest BCUT2D eigenvalue weighted by Gasteiger charge is -2.08. The third kappa shape index (κ3) is 5.28. The van der Waals surface area contributed by atoms with E-state index in [9.17, 15) is 9.59 Å². The summed E-state index contributed by atoms with van der Waals surface area (Å²) in [7, 11) is 1.59. The zero-order chi connectivity index (χ0) is 19.8. The van der Waals surface area contributed by atoms with Crippen molar-refractivity contribution in [1.29, 1.82) is 0 Å². The van der Waals surface area contributed by atoms with Crippen LogP contribution in [-0.4, -0.2) is 23.9 Å². The van der Waals surface area contributed by atoms with Crippen molar-refractivity contribution in [2.24, 2.45) is 0 Å². The highest BCUT2D eigenvalue weighted by atomic mass is 16.5. The first-order chi connectivity index (χ1) is 13.6. The molecular formula is C22H19N3O3. The van der Waals surface area contributed by atoms with Crippen LogP contribution in [0.5, 0.6) is 5.75 Å². The maximum absolute atomic E-state index is 12.2. The number of rotatable bonds is 6. The fourth-order valence-corrected chi connectivity index (χ4v) is 2.48. The van der Waals surface area contributed by atoms with E-state index in [1.165, 1.54) is 12.3 Å². The van der Waals surface area contributed by atoms with Gasteiger partial charge in [-0.05, 0) is 54.1 Å². The highest BCUT2D eigenvalue weighted by Gasteiger charge is 2.06. The van der Waals surface area contributed by atoms with Crippen molar-refractivity contribution in [2.75, 3.05) is 17.7 Å². The third-order valence-corrected chi connectivity index (χ3v) is 3.83. The Hall–Kier alpha value is -3.93. The van der Waals surface area contributed by atoms with Gasteiger partial charge in [0.2, 0.25) is 5.91 Å². The Morgan fingerprint density at radius 3 is 2.50 bits per heavy atom. The summed E-state index contributed by atoms with van der Waals surface area (Å²) in [5.74, 6) is 0.174. The van der Waals surface area contributed by atoms with Gasteiger partial charge in [-0.15, -0.1) is 0 Å². The predicted molar refractivity (Wildman–Crippen MR) is 109 cm³/mol.